The van der Waals surface area contributed by atoms with Crippen LogP contribution in [0.4, 0.5) is 21.5 Å². The summed E-state index contributed by atoms with van der Waals surface area (Å²) in [5, 5.41) is 3.03. The summed E-state index contributed by atoms with van der Waals surface area (Å²) in [5.41, 5.74) is 8.33. The van der Waals surface area contributed by atoms with E-state index in [0.717, 1.165) is 0 Å². The van der Waals surface area contributed by atoms with E-state index in [1.165, 1.54) is 12.1 Å². The Hall–Kier alpha value is -2.76. The summed E-state index contributed by atoms with van der Waals surface area (Å²) in [4.78, 5) is 13.6. The van der Waals surface area contributed by atoms with E-state index in [9.17, 15) is 9.18 Å². The molecule has 0 atom stereocenters. The van der Waals surface area contributed by atoms with Crippen LogP contribution >= 0.6 is 0 Å². The normalized spacial score (nSPS) is 10.8. The van der Waals surface area contributed by atoms with E-state index < -0.39 is 11.6 Å². The van der Waals surface area contributed by atoms with Crippen molar-refractivity contribution < 1.29 is 8.81 Å². The highest BCUT2D eigenvalue weighted by Gasteiger charge is 2.04. The first-order valence-electron chi connectivity index (χ1n) is 5.57. The molecule has 4 N–H and O–H groups in total. The number of nitrogens with one attached hydrogen (secondary N) is 2. The first-order valence-corrected chi connectivity index (χ1v) is 5.57. The van der Waals surface area contributed by atoms with Crippen molar-refractivity contribution in [2.24, 2.45) is 0 Å². The Kier molecular flexibility index (Phi) is 2.49. The van der Waals surface area contributed by atoms with E-state index in [4.69, 9.17) is 10.2 Å². The van der Waals surface area contributed by atoms with Crippen molar-refractivity contribution in [3.05, 3.63) is 52.8 Å². The molecule has 2 aromatic carbocycles. The number of anilines is 3. The van der Waals surface area contributed by atoms with Gasteiger partial charge in [0.25, 0.3) is 0 Å². The van der Waals surface area contributed by atoms with E-state index in [0.29, 0.717) is 28.2 Å². The summed E-state index contributed by atoms with van der Waals surface area (Å²) >= 11 is 0. The topological polar surface area (TPSA) is 84.0 Å². The first-order chi connectivity index (χ1) is 9.11. The van der Waals surface area contributed by atoms with E-state index in [-0.39, 0.29) is 0 Å². The van der Waals surface area contributed by atoms with E-state index >= 15 is 0 Å². The number of halogens is 1. The van der Waals surface area contributed by atoms with Gasteiger partial charge in [0.2, 0.25) is 0 Å². The Morgan fingerprint density at radius 1 is 1.21 bits per heavy atom. The highest BCUT2D eigenvalue weighted by molar-refractivity contribution is 5.80. The minimum absolute atomic E-state index is 0.301. The molecular formula is C13H10FN3O2. The second kappa shape index (κ2) is 4.16. The van der Waals surface area contributed by atoms with Gasteiger partial charge in [0.05, 0.1) is 16.9 Å². The molecule has 1 heterocycles. The fourth-order valence-electron chi connectivity index (χ4n) is 1.83. The summed E-state index contributed by atoms with van der Waals surface area (Å²) in [6, 6.07) is 9.22. The Morgan fingerprint density at radius 2 is 2.05 bits per heavy atom. The summed E-state index contributed by atoms with van der Waals surface area (Å²) < 4.78 is 17.9. The zero-order valence-corrected chi connectivity index (χ0v) is 9.74. The zero-order chi connectivity index (χ0) is 13.4. The molecule has 3 aromatic rings. The van der Waals surface area contributed by atoms with E-state index in [1.807, 2.05) is 0 Å². The van der Waals surface area contributed by atoms with Crippen LogP contribution < -0.4 is 16.8 Å². The van der Waals surface area contributed by atoms with Crippen LogP contribution in [-0.4, -0.2) is 4.98 Å². The molecule has 0 saturated carbocycles. The second-order valence-electron chi connectivity index (χ2n) is 4.08. The van der Waals surface area contributed by atoms with Gasteiger partial charge >= 0.3 is 5.76 Å². The highest BCUT2D eigenvalue weighted by atomic mass is 19.1. The van der Waals surface area contributed by atoms with Crippen LogP contribution in [0.5, 0.6) is 0 Å². The van der Waals surface area contributed by atoms with Crippen LogP contribution in [0.3, 0.4) is 0 Å². The van der Waals surface area contributed by atoms with Crippen molar-refractivity contribution in [3.63, 3.8) is 0 Å². The summed E-state index contributed by atoms with van der Waals surface area (Å²) in [6.45, 7) is 0. The molecule has 0 unspecified atom stereocenters. The molecule has 3 rings (SSSR count). The van der Waals surface area contributed by atoms with Gasteiger partial charge < -0.3 is 15.5 Å². The number of benzene rings is 2. The SMILES string of the molecule is Nc1cc(F)ccc1Nc1ccc2[nH]c(=O)oc2c1. The standard InChI is InChI=1S/C13H10FN3O2/c14-7-1-3-10(9(15)5-7)16-8-2-4-11-12(6-8)19-13(18)17-11/h1-6,16H,15H2,(H,17,18). The summed E-state index contributed by atoms with van der Waals surface area (Å²) in [6.07, 6.45) is 0. The summed E-state index contributed by atoms with van der Waals surface area (Å²) in [5.74, 6) is -0.899. The number of fused-ring (bicyclic) bond motifs is 1. The number of aromatic amines is 1. The molecule has 0 spiro atoms. The third-order valence-corrected chi connectivity index (χ3v) is 2.71. The largest absolute Gasteiger partial charge is 0.417 e. The smallest absolute Gasteiger partial charge is 0.408 e. The van der Waals surface area contributed by atoms with Crippen LogP contribution in [0, 0.1) is 5.82 Å². The average molecular weight is 259 g/mol. The van der Waals surface area contributed by atoms with Crippen molar-refractivity contribution in [2.45, 2.75) is 0 Å². The average Bonchev–Trinajstić information content (AvgIpc) is 2.72. The number of nitrogens with two attached hydrogens (primary N) is 1. The number of hydrogen-bond donors (Lipinski definition) is 3. The number of aromatic nitrogens is 1. The van der Waals surface area contributed by atoms with Gasteiger partial charge in [-0.1, -0.05) is 0 Å². The van der Waals surface area contributed by atoms with Crippen molar-refractivity contribution in [2.75, 3.05) is 11.1 Å². The molecular weight excluding hydrogens is 249 g/mol. The van der Waals surface area contributed by atoms with Crippen molar-refractivity contribution >= 4 is 28.2 Å². The second-order valence-corrected chi connectivity index (χ2v) is 4.08. The lowest BCUT2D eigenvalue weighted by Crippen LogP contribution is -1.96. The Morgan fingerprint density at radius 3 is 2.84 bits per heavy atom. The molecule has 0 aliphatic heterocycles. The Labute approximate surface area is 106 Å². The summed E-state index contributed by atoms with van der Waals surface area (Å²) in [7, 11) is 0. The van der Waals surface area contributed by atoms with Gasteiger partial charge in [0.15, 0.2) is 5.58 Å². The number of hydrogen-bond acceptors (Lipinski definition) is 4. The minimum Gasteiger partial charge on any atom is -0.408 e. The lowest BCUT2D eigenvalue weighted by molar-refractivity contribution is 0.555. The lowest BCUT2D eigenvalue weighted by atomic mass is 10.2. The number of H-pyrrole nitrogens is 1. The molecule has 5 nitrogen and oxygen atoms in total. The van der Waals surface area contributed by atoms with Gasteiger partial charge in [0, 0.05) is 11.8 Å². The number of oxazole rings is 1. The van der Waals surface area contributed by atoms with Gasteiger partial charge in [-0.05, 0) is 30.3 Å². The van der Waals surface area contributed by atoms with Crippen LogP contribution in [0.1, 0.15) is 0 Å². The first kappa shape index (κ1) is 11.3. The molecule has 96 valence electrons. The quantitative estimate of drug-likeness (QED) is 0.617. The highest BCUT2D eigenvalue weighted by Crippen LogP contribution is 2.25. The molecule has 0 amide bonds. The molecule has 0 aliphatic carbocycles. The maximum Gasteiger partial charge on any atom is 0.417 e. The van der Waals surface area contributed by atoms with Gasteiger partial charge in [-0.2, -0.15) is 0 Å². The Balaban J connectivity index is 1.98. The fraction of sp³-hybridized carbons (Fsp3) is 0. The lowest BCUT2D eigenvalue weighted by Gasteiger charge is -2.08. The molecule has 1 aromatic heterocycles. The van der Waals surface area contributed by atoms with Crippen LogP contribution in [0.25, 0.3) is 11.1 Å². The Bertz CT molecular complexity index is 807. The predicted octanol–water partition coefficient (Wildman–Crippen LogP) is 2.59. The molecule has 0 fully saturated rings. The molecule has 0 saturated heterocycles. The van der Waals surface area contributed by atoms with Gasteiger partial charge in [0.1, 0.15) is 5.82 Å². The van der Waals surface area contributed by atoms with Crippen molar-refractivity contribution in [1.29, 1.82) is 0 Å². The number of nitrogen functional groups attached to an aromatic ring is 1. The molecule has 19 heavy (non-hydrogen) atoms. The molecule has 6 heteroatoms. The molecule has 0 aliphatic rings. The van der Waals surface area contributed by atoms with Crippen LogP contribution in [0.2, 0.25) is 0 Å². The van der Waals surface area contributed by atoms with E-state index in [1.54, 1.807) is 24.3 Å². The van der Waals surface area contributed by atoms with Crippen molar-refractivity contribution in [3.8, 4) is 0 Å². The predicted molar refractivity (Wildman–Crippen MR) is 70.9 cm³/mol. The molecule has 0 bridgehead atoms. The van der Waals surface area contributed by atoms with Gasteiger partial charge in [-0.25, -0.2) is 9.18 Å². The third-order valence-electron chi connectivity index (χ3n) is 2.71. The monoisotopic (exact) mass is 259 g/mol. The van der Waals surface area contributed by atoms with Crippen molar-refractivity contribution in [1.82, 2.24) is 4.98 Å². The fourth-order valence-corrected chi connectivity index (χ4v) is 1.83. The van der Waals surface area contributed by atoms with Crippen LogP contribution in [-0.2, 0) is 0 Å². The molecule has 0 radical (unpaired) electrons. The van der Waals surface area contributed by atoms with Gasteiger partial charge in [-0.15, -0.1) is 0 Å². The zero-order valence-electron chi connectivity index (χ0n) is 9.74. The van der Waals surface area contributed by atoms with Gasteiger partial charge in [-0.3, -0.25) is 4.98 Å². The van der Waals surface area contributed by atoms with E-state index in [2.05, 4.69) is 10.3 Å². The maximum absolute atomic E-state index is 12.9. The number of rotatable bonds is 2. The third kappa shape index (κ3) is 2.15. The minimum atomic E-state index is -0.506. The maximum atomic E-state index is 12.9. The van der Waals surface area contributed by atoms with Crippen LogP contribution in [0.15, 0.2) is 45.6 Å².